The van der Waals surface area contributed by atoms with E-state index < -0.39 is 0 Å². The highest BCUT2D eigenvalue weighted by molar-refractivity contribution is 5.78. The summed E-state index contributed by atoms with van der Waals surface area (Å²) in [5.41, 5.74) is 0.932. The molecule has 1 aromatic heterocycles. The maximum absolute atomic E-state index is 13.0. The van der Waals surface area contributed by atoms with E-state index in [1.165, 1.54) is 24.3 Å². The molecule has 1 aliphatic heterocycles. The van der Waals surface area contributed by atoms with E-state index in [1.54, 1.807) is 12.0 Å². The Bertz CT molecular complexity index is 978. The minimum Gasteiger partial charge on any atom is -0.484 e. The van der Waals surface area contributed by atoms with Gasteiger partial charge in [-0.25, -0.2) is 9.37 Å². The van der Waals surface area contributed by atoms with Crippen molar-refractivity contribution in [2.75, 3.05) is 33.4 Å². The van der Waals surface area contributed by atoms with E-state index >= 15 is 0 Å². The highest BCUT2D eigenvalue weighted by atomic mass is 19.1. The number of carbonyl (C=O) groups excluding carboxylic acids is 1. The molecule has 0 unspecified atom stereocenters. The van der Waals surface area contributed by atoms with Crippen molar-refractivity contribution in [3.8, 4) is 17.1 Å². The van der Waals surface area contributed by atoms with Gasteiger partial charge in [0, 0.05) is 37.6 Å². The number of aromatic nitrogens is 3. The van der Waals surface area contributed by atoms with Crippen LogP contribution in [0.25, 0.3) is 11.4 Å². The molecule has 30 heavy (non-hydrogen) atoms. The monoisotopic (exact) mass is 410 g/mol. The third-order valence-electron chi connectivity index (χ3n) is 5.24. The number of ether oxygens (including phenoxy) is 2. The van der Waals surface area contributed by atoms with E-state index in [1.807, 2.05) is 30.3 Å². The maximum Gasteiger partial charge on any atom is 0.260 e. The topological polar surface area (TPSA) is 80.3 Å². The molecule has 0 saturated carbocycles. The third kappa shape index (κ3) is 4.49. The molecule has 2 atom stereocenters. The largest absolute Gasteiger partial charge is 0.484 e. The van der Waals surface area contributed by atoms with Crippen LogP contribution in [0.1, 0.15) is 11.7 Å². The van der Waals surface area contributed by atoms with E-state index in [9.17, 15) is 9.18 Å². The normalized spacial score (nSPS) is 18.5. The summed E-state index contributed by atoms with van der Waals surface area (Å²) in [5, 5.41) is 7.38. The summed E-state index contributed by atoms with van der Waals surface area (Å²) in [6, 6.07) is 15.3. The molecule has 7 nitrogen and oxygen atoms in total. The molecule has 1 fully saturated rings. The summed E-state index contributed by atoms with van der Waals surface area (Å²) in [5.74, 6) is 1.44. The number of nitrogens with zero attached hydrogens (tertiary/aromatic N) is 3. The van der Waals surface area contributed by atoms with E-state index in [2.05, 4.69) is 15.2 Å². The molecule has 1 saturated heterocycles. The number of likely N-dealkylation sites (tertiary alicyclic amines) is 1. The average molecular weight is 410 g/mol. The lowest BCUT2D eigenvalue weighted by Crippen LogP contribution is -2.33. The molecule has 156 valence electrons. The molecular formula is C22H23FN4O3. The van der Waals surface area contributed by atoms with E-state index in [0.29, 0.717) is 31.3 Å². The maximum atomic E-state index is 13.0. The summed E-state index contributed by atoms with van der Waals surface area (Å²) in [6.07, 6.45) is 0. The SMILES string of the molecule is COC[C@@H]1CN(C(=O)COc2ccc(F)cc2)C[C@H]1c1nc(-c2ccccc2)n[nH]1. The highest BCUT2D eigenvalue weighted by Gasteiger charge is 2.38. The summed E-state index contributed by atoms with van der Waals surface area (Å²) in [4.78, 5) is 19.1. The summed E-state index contributed by atoms with van der Waals surface area (Å²) < 4.78 is 23.9. The van der Waals surface area contributed by atoms with Gasteiger partial charge in [0.25, 0.3) is 5.91 Å². The summed E-state index contributed by atoms with van der Waals surface area (Å²) in [7, 11) is 1.65. The van der Waals surface area contributed by atoms with Crippen molar-refractivity contribution >= 4 is 5.91 Å². The van der Waals surface area contributed by atoms with Crippen molar-refractivity contribution in [2.24, 2.45) is 5.92 Å². The lowest BCUT2D eigenvalue weighted by Gasteiger charge is -2.16. The minimum atomic E-state index is -0.347. The van der Waals surface area contributed by atoms with Crippen molar-refractivity contribution in [3.63, 3.8) is 0 Å². The van der Waals surface area contributed by atoms with Gasteiger partial charge in [0.2, 0.25) is 0 Å². The number of hydrogen-bond donors (Lipinski definition) is 1. The van der Waals surface area contributed by atoms with Crippen LogP contribution >= 0.6 is 0 Å². The van der Waals surface area contributed by atoms with Crippen molar-refractivity contribution in [1.82, 2.24) is 20.1 Å². The number of methoxy groups -OCH3 is 1. The number of carbonyl (C=O) groups is 1. The standard InChI is InChI=1S/C22H23FN4O3/c1-29-13-16-11-27(20(28)14-30-18-9-7-17(23)8-10-18)12-19(16)22-24-21(25-26-22)15-5-3-2-4-6-15/h2-10,16,19H,11-14H2,1H3,(H,24,25,26)/t16-,19+/m0/s1. The number of rotatable bonds is 7. The minimum absolute atomic E-state index is 0.00955. The van der Waals surface area contributed by atoms with Gasteiger partial charge in [0.15, 0.2) is 12.4 Å². The van der Waals surface area contributed by atoms with Crippen LogP contribution in [-0.2, 0) is 9.53 Å². The van der Waals surface area contributed by atoms with Gasteiger partial charge < -0.3 is 14.4 Å². The fourth-order valence-electron chi connectivity index (χ4n) is 3.69. The zero-order valence-electron chi connectivity index (χ0n) is 16.6. The third-order valence-corrected chi connectivity index (χ3v) is 5.24. The van der Waals surface area contributed by atoms with Gasteiger partial charge in [0.1, 0.15) is 17.4 Å². The summed E-state index contributed by atoms with van der Waals surface area (Å²) in [6.45, 7) is 1.45. The Morgan fingerprint density at radius 1 is 1.17 bits per heavy atom. The van der Waals surface area contributed by atoms with Crippen molar-refractivity contribution in [1.29, 1.82) is 0 Å². The van der Waals surface area contributed by atoms with Gasteiger partial charge in [0.05, 0.1) is 6.61 Å². The highest BCUT2D eigenvalue weighted by Crippen LogP contribution is 2.32. The molecule has 2 aromatic carbocycles. The lowest BCUT2D eigenvalue weighted by atomic mass is 9.96. The van der Waals surface area contributed by atoms with Crippen LogP contribution in [0, 0.1) is 11.7 Å². The van der Waals surface area contributed by atoms with Crippen molar-refractivity contribution in [2.45, 2.75) is 5.92 Å². The zero-order chi connectivity index (χ0) is 20.9. The Morgan fingerprint density at radius 2 is 1.93 bits per heavy atom. The molecule has 1 aliphatic rings. The number of aromatic amines is 1. The zero-order valence-corrected chi connectivity index (χ0v) is 16.6. The van der Waals surface area contributed by atoms with Gasteiger partial charge in [-0.3, -0.25) is 9.89 Å². The molecule has 0 aliphatic carbocycles. The molecule has 0 spiro atoms. The first-order valence-electron chi connectivity index (χ1n) is 9.77. The molecule has 2 heterocycles. The van der Waals surface area contributed by atoms with Crippen molar-refractivity contribution in [3.05, 3.63) is 66.2 Å². The van der Waals surface area contributed by atoms with Gasteiger partial charge in [-0.2, -0.15) is 5.10 Å². The second kappa shape index (κ2) is 9.04. The van der Waals surface area contributed by atoms with Gasteiger partial charge in [-0.1, -0.05) is 30.3 Å². The Balaban J connectivity index is 1.43. The Hall–Kier alpha value is -3.26. The first kappa shape index (κ1) is 20.0. The second-order valence-electron chi connectivity index (χ2n) is 7.27. The molecule has 8 heteroatoms. The smallest absolute Gasteiger partial charge is 0.260 e. The van der Waals surface area contributed by atoms with Crippen molar-refractivity contribution < 1.29 is 18.7 Å². The van der Waals surface area contributed by atoms with Crippen LogP contribution in [0.5, 0.6) is 5.75 Å². The van der Waals surface area contributed by atoms with E-state index in [0.717, 1.165) is 11.4 Å². The summed E-state index contributed by atoms with van der Waals surface area (Å²) >= 11 is 0. The number of hydrogen-bond acceptors (Lipinski definition) is 5. The predicted molar refractivity (Wildman–Crippen MR) is 108 cm³/mol. The van der Waals surface area contributed by atoms with Gasteiger partial charge >= 0.3 is 0 Å². The first-order valence-corrected chi connectivity index (χ1v) is 9.77. The number of halogens is 1. The predicted octanol–water partition coefficient (Wildman–Crippen LogP) is 2.88. The van der Waals surface area contributed by atoms with E-state index in [4.69, 9.17) is 9.47 Å². The molecule has 1 N–H and O–H groups in total. The lowest BCUT2D eigenvalue weighted by molar-refractivity contribution is -0.132. The van der Waals surface area contributed by atoms with Gasteiger partial charge in [-0.15, -0.1) is 0 Å². The number of benzene rings is 2. The van der Waals surface area contributed by atoms with Gasteiger partial charge in [-0.05, 0) is 24.3 Å². The molecule has 4 rings (SSSR count). The molecule has 1 amide bonds. The first-order chi connectivity index (χ1) is 14.6. The Labute approximate surface area is 173 Å². The molecule has 0 bridgehead atoms. The van der Waals surface area contributed by atoms with Crippen LogP contribution in [0.4, 0.5) is 4.39 Å². The molecular weight excluding hydrogens is 387 g/mol. The quantitative estimate of drug-likeness (QED) is 0.648. The average Bonchev–Trinajstić information content (AvgIpc) is 3.41. The van der Waals surface area contributed by atoms with Crippen LogP contribution in [0.3, 0.4) is 0 Å². The number of amides is 1. The van der Waals surface area contributed by atoms with Crippen LogP contribution in [0.15, 0.2) is 54.6 Å². The second-order valence-corrected chi connectivity index (χ2v) is 7.27. The fourth-order valence-corrected chi connectivity index (χ4v) is 3.69. The number of nitrogens with one attached hydrogen (secondary N) is 1. The molecule has 0 radical (unpaired) electrons. The van der Waals surface area contributed by atoms with Crippen LogP contribution in [-0.4, -0.2) is 59.4 Å². The van der Waals surface area contributed by atoms with Crippen LogP contribution in [0.2, 0.25) is 0 Å². The Morgan fingerprint density at radius 3 is 2.67 bits per heavy atom. The Kier molecular flexibility index (Phi) is 6.04. The fraction of sp³-hybridized carbons (Fsp3) is 0.318. The van der Waals surface area contributed by atoms with E-state index in [-0.39, 0.29) is 30.2 Å². The number of H-pyrrole nitrogens is 1. The molecule has 3 aromatic rings. The van der Waals surface area contributed by atoms with Crippen LogP contribution < -0.4 is 4.74 Å².